The lowest BCUT2D eigenvalue weighted by Gasteiger charge is -2.09. The second-order valence-corrected chi connectivity index (χ2v) is 26.0. The van der Waals surface area contributed by atoms with Crippen LogP contribution in [0.1, 0.15) is 126 Å². The first-order valence-corrected chi connectivity index (χ1v) is 36.2. The normalized spacial score (nSPS) is 12.2. The smallest absolute Gasteiger partial charge is 0.217 e. The Morgan fingerprint density at radius 1 is 0.220 bits per heavy atom. The second kappa shape index (κ2) is 28.2. The number of aryl methyl sites for hydroxylation is 4. The molecule has 8 heteroatoms. The van der Waals surface area contributed by atoms with Crippen LogP contribution in [0, 0.1) is 0 Å². The third-order valence-electron chi connectivity index (χ3n) is 20.7. The Labute approximate surface area is 586 Å². The lowest BCUT2D eigenvalue weighted by Crippen LogP contribution is -2.11. The fourth-order valence-corrected chi connectivity index (χ4v) is 16.4. The highest BCUT2D eigenvalue weighted by molar-refractivity contribution is 6.14. The molecule has 0 fully saturated rings. The largest absolute Gasteiger partial charge is 0.354 e. The number of nitrogens with one attached hydrogen (secondary N) is 6. The standard InChI is InChI=1S/C92H84N8/c1-9-65-69(13-5)85-75(59-45-29-19-30-46-59)89-79(63-53-37-23-38-54-63)90(98-97-89)77(61-49-33-21-34-50-61)87-71(15-7)67(11-3)83(95-87)74(58-43-27-18-28-44-58)84-68(12-4)72(16-8)88(96-84)78(62-51-35-22-36-52-62)92-80(64-55-39-24-40-56-64)91(99-100-92)76(60-47-31-20-32-48-60)86-70(14-6)66(10-2)82(94-86)73(81(65)93-85)57-41-25-17-26-42-57/h17-56,93,96H,9-16H2,1-8H3,(H,97,98)(H,99,100)/p+2. The van der Waals surface area contributed by atoms with Crippen molar-refractivity contribution in [3.8, 4) is 89.0 Å². The number of aromatic nitrogens is 8. The minimum atomic E-state index is 0.773. The Kier molecular flexibility index (Phi) is 18.2. The summed E-state index contributed by atoms with van der Waals surface area (Å²) in [5, 5.41) is 19.3. The van der Waals surface area contributed by atoms with Crippen LogP contribution in [0.4, 0.5) is 0 Å². The molecule has 0 unspecified atom stereocenters. The number of nitrogens with zero attached hydrogens (tertiary/aromatic N) is 2. The third kappa shape index (κ3) is 11.1. The fourth-order valence-electron chi connectivity index (χ4n) is 16.4. The van der Waals surface area contributed by atoms with E-state index in [-0.39, 0.29) is 0 Å². The third-order valence-corrected chi connectivity index (χ3v) is 20.7. The highest BCUT2D eigenvalue weighted by Crippen LogP contribution is 2.50. The fraction of sp³-hybridized carbons (Fsp3) is 0.174. The van der Waals surface area contributed by atoms with Crippen molar-refractivity contribution < 1.29 is 9.97 Å². The highest BCUT2D eigenvalue weighted by atomic mass is 15.1. The van der Waals surface area contributed by atoms with Gasteiger partial charge in [0.25, 0.3) is 0 Å². The molecule has 0 radical (unpaired) electrons. The predicted molar refractivity (Wildman–Crippen MR) is 420 cm³/mol. The summed E-state index contributed by atoms with van der Waals surface area (Å²) in [6.45, 7) is 18.6. The summed E-state index contributed by atoms with van der Waals surface area (Å²) in [5.41, 5.74) is 39.4. The maximum Gasteiger partial charge on any atom is 0.217 e. The molecular formula is C92H86N8+2. The molecule has 15 rings (SSSR count). The summed E-state index contributed by atoms with van der Waals surface area (Å²) in [7, 11) is 0. The van der Waals surface area contributed by atoms with E-state index < -0.39 is 0 Å². The molecule has 0 saturated heterocycles. The van der Waals surface area contributed by atoms with Crippen molar-refractivity contribution in [2.24, 2.45) is 0 Å². The second-order valence-electron chi connectivity index (χ2n) is 26.0. The van der Waals surface area contributed by atoms with E-state index in [1.165, 1.54) is 44.5 Å². The van der Waals surface area contributed by atoms with Gasteiger partial charge in [0.1, 0.15) is 11.0 Å². The molecule has 492 valence electrons. The quantitative estimate of drug-likeness (QED) is 0.0771. The highest BCUT2D eigenvalue weighted by Gasteiger charge is 2.37. The van der Waals surface area contributed by atoms with Crippen LogP contribution in [-0.2, 0) is 25.7 Å². The van der Waals surface area contributed by atoms with Gasteiger partial charge in [-0.2, -0.15) is 10.2 Å². The Morgan fingerprint density at radius 2 is 0.400 bits per heavy atom. The Morgan fingerprint density at radius 3 is 0.600 bits per heavy atom. The van der Waals surface area contributed by atoms with Gasteiger partial charge in [0.05, 0.1) is 55.4 Å². The maximum absolute atomic E-state index is 5.74. The average molecular weight is 1300 g/mol. The van der Waals surface area contributed by atoms with Gasteiger partial charge in [-0.25, -0.2) is 9.97 Å². The van der Waals surface area contributed by atoms with E-state index in [9.17, 15) is 0 Å². The van der Waals surface area contributed by atoms with Gasteiger partial charge in [-0.3, -0.25) is 10.2 Å². The van der Waals surface area contributed by atoms with Crippen LogP contribution in [0.25, 0.3) is 155 Å². The van der Waals surface area contributed by atoms with Gasteiger partial charge in [-0.05, 0) is 118 Å². The van der Waals surface area contributed by atoms with Gasteiger partial charge in [-0.15, -0.1) is 0 Å². The van der Waals surface area contributed by atoms with Crippen molar-refractivity contribution in [2.45, 2.75) is 107 Å². The summed E-state index contributed by atoms with van der Waals surface area (Å²) in [6, 6.07) is 88.0. The number of H-pyrrole nitrogens is 6. The van der Waals surface area contributed by atoms with Crippen molar-refractivity contribution in [2.75, 3.05) is 0 Å². The SMILES string of the molecule is CCC1=C(CC)c2[nH+]c1c(-c1ccccc1)c1[nH]c(c(CC)c1CC)c(-c1ccccc1)c1n[nH]c(c(-c3ccccc3)c3[nH+]c(c(-c4ccccc4)c4[nH]c(c(CC)c4CC)c(-c4ccccc4)c4n[nH]c(c2-c2ccccc2)c4-c2ccccc2)C(CC)=C3CC)c1-c1ccccc1. The van der Waals surface area contributed by atoms with Crippen LogP contribution in [0.15, 0.2) is 243 Å². The summed E-state index contributed by atoms with van der Waals surface area (Å²) >= 11 is 0. The van der Waals surface area contributed by atoms with E-state index in [0.29, 0.717) is 0 Å². The van der Waals surface area contributed by atoms with Gasteiger partial charge in [-0.1, -0.05) is 298 Å². The molecule has 8 nitrogen and oxygen atoms in total. The van der Waals surface area contributed by atoms with Gasteiger partial charge in [0, 0.05) is 44.5 Å². The maximum atomic E-state index is 5.74. The van der Waals surface area contributed by atoms with E-state index in [1.54, 1.807) is 0 Å². The zero-order valence-corrected chi connectivity index (χ0v) is 58.6. The molecule has 13 aromatic rings. The van der Waals surface area contributed by atoms with Crippen molar-refractivity contribution in [1.29, 1.82) is 0 Å². The topological polar surface area (TPSA) is 117 Å². The van der Waals surface area contributed by atoms with Gasteiger partial charge in [0.2, 0.25) is 22.8 Å². The molecule has 6 N–H and O–H groups in total. The van der Waals surface area contributed by atoms with Crippen LogP contribution in [0.3, 0.4) is 0 Å². The molecule has 0 spiro atoms. The Bertz CT molecular complexity index is 5220. The summed E-state index contributed by atoms with van der Waals surface area (Å²) < 4.78 is 0. The molecule has 0 aliphatic carbocycles. The van der Waals surface area contributed by atoms with Crippen LogP contribution >= 0.6 is 0 Å². The van der Waals surface area contributed by atoms with E-state index in [4.69, 9.17) is 10.2 Å². The summed E-state index contributed by atoms with van der Waals surface area (Å²) in [4.78, 5) is 17.5. The Hall–Kier alpha value is -11.5. The van der Waals surface area contributed by atoms with E-state index in [1.807, 2.05) is 0 Å². The Balaban J connectivity index is 1.30. The molecule has 5 aromatic heterocycles. The van der Waals surface area contributed by atoms with Gasteiger partial charge in [0.15, 0.2) is 0 Å². The minimum Gasteiger partial charge on any atom is -0.354 e. The molecule has 2 aliphatic rings. The van der Waals surface area contributed by atoms with Crippen LogP contribution in [-0.4, -0.2) is 30.4 Å². The summed E-state index contributed by atoms with van der Waals surface area (Å²) in [6.07, 6.45) is 6.23. The van der Waals surface area contributed by atoms with E-state index in [0.717, 1.165) is 207 Å². The minimum absolute atomic E-state index is 0.773. The van der Waals surface area contributed by atoms with Gasteiger partial charge < -0.3 is 9.97 Å². The lowest BCUT2D eigenvalue weighted by molar-refractivity contribution is -0.379. The number of allylic oxidation sites excluding steroid dienone is 4. The molecular weight excluding hydrogens is 1220 g/mol. The van der Waals surface area contributed by atoms with Crippen LogP contribution < -0.4 is 9.97 Å². The van der Waals surface area contributed by atoms with Crippen molar-refractivity contribution in [3.05, 3.63) is 288 Å². The molecule has 0 saturated carbocycles. The van der Waals surface area contributed by atoms with E-state index >= 15 is 0 Å². The number of aromatic amines is 6. The zero-order chi connectivity index (χ0) is 68.4. The number of hydrogen-bond donors (Lipinski definition) is 4. The van der Waals surface area contributed by atoms with Crippen LogP contribution in [0.5, 0.6) is 0 Å². The average Bonchev–Trinajstić information content (AvgIpc) is 1.57. The molecule has 12 bridgehead atoms. The first kappa shape index (κ1) is 64.5. The predicted octanol–water partition coefficient (Wildman–Crippen LogP) is 23.6. The van der Waals surface area contributed by atoms with Crippen molar-refractivity contribution >= 4 is 66.4 Å². The lowest BCUT2D eigenvalue weighted by atomic mass is 9.90. The molecule has 100 heavy (non-hydrogen) atoms. The first-order chi connectivity index (χ1) is 49.4. The molecule has 0 atom stereocenters. The number of hydrogen-bond acceptors (Lipinski definition) is 2. The van der Waals surface area contributed by atoms with Crippen molar-refractivity contribution in [3.63, 3.8) is 0 Å². The van der Waals surface area contributed by atoms with E-state index in [2.05, 4.69) is 328 Å². The van der Waals surface area contributed by atoms with Gasteiger partial charge >= 0.3 is 0 Å². The molecule has 8 aromatic carbocycles. The monoisotopic (exact) mass is 1300 g/mol. The van der Waals surface area contributed by atoms with Crippen LogP contribution in [0.2, 0.25) is 0 Å². The number of fused-ring (bicyclic) bond motifs is 12. The van der Waals surface area contributed by atoms with Crippen molar-refractivity contribution in [1.82, 2.24) is 30.4 Å². The molecule has 2 aliphatic heterocycles. The first-order valence-electron chi connectivity index (χ1n) is 36.2. The summed E-state index contributed by atoms with van der Waals surface area (Å²) in [5.74, 6) is 0. The number of rotatable bonds is 16. The number of benzene rings is 8. The molecule has 0 amide bonds. The zero-order valence-electron chi connectivity index (χ0n) is 58.6. The molecule has 7 heterocycles.